The second-order valence-corrected chi connectivity index (χ2v) is 5.39. The summed E-state index contributed by atoms with van der Waals surface area (Å²) >= 11 is 0. The van der Waals surface area contributed by atoms with Crippen molar-refractivity contribution in [3.8, 4) is 23.6 Å². The van der Waals surface area contributed by atoms with Gasteiger partial charge in [-0.25, -0.2) is 0 Å². The lowest BCUT2D eigenvalue weighted by Gasteiger charge is -2.07. The van der Waals surface area contributed by atoms with E-state index in [1.165, 1.54) is 12.1 Å². The third-order valence-corrected chi connectivity index (χ3v) is 2.61. The Labute approximate surface area is 116 Å². The van der Waals surface area contributed by atoms with Crippen molar-refractivity contribution < 1.29 is 17.3 Å². The molecule has 0 saturated carbocycles. The van der Waals surface area contributed by atoms with Gasteiger partial charge in [0.25, 0.3) is 5.88 Å². The first kappa shape index (κ1) is 13.8. The lowest BCUT2D eigenvalue weighted by molar-refractivity contribution is 0.442. The smallest absolute Gasteiger partial charge is 0.307 e. The molecule has 0 unspecified atom stereocenters. The Bertz CT molecular complexity index is 752. The van der Waals surface area contributed by atoms with Gasteiger partial charge < -0.3 is 8.92 Å². The third kappa shape index (κ3) is 3.70. The second kappa shape index (κ2) is 5.59. The Morgan fingerprint density at radius 3 is 2.45 bits per heavy atom. The molecule has 0 amide bonds. The number of aromatic nitrogens is 1. The van der Waals surface area contributed by atoms with Gasteiger partial charge in [-0.3, -0.25) is 0 Å². The summed E-state index contributed by atoms with van der Waals surface area (Å²) in [5.74, 6) is 0.368. The zero-order chi connectivity index (χ0) is 14.6. The molecule has 2 aromatic rings. The molecule has 1 heterocycles. The fourth-order valence-electron chi connectivity index (χ4n) is 1.38. The van der Waals surface area contributed by atoms with Crippen molar-refractivity contribution in [2.24, 2.45) is 0 Å². The summed E-state index contributed by atoms with van der Waals surface area (Å²) in [5, 5.41) is 8.89. The first-order valence-corrected chi connectivity index (χ1v) is 7.33. The van der Waals surface area contributed by atoms with Crippen LogP contribution in [0.4, 0.5) is 0 Å². The molecule has 6 nitrogen and oxygen atoms in total. The molecule has 0 bridgehead atoms. The van der Waals surface area contributed by atoms with Crippen LogP contribution in [0.1, 0.15) is 5.56 Å². The number of ether oxygens (including phenoxy) is 1. The predicted molar refractivity (Wildman–Crippen MR) is 70.9 cm³/mol. The molecule has 0 N–H and O–H groups in total. The molecule has 20 heavy (non-hydrogen) atoms. The molecule has 0 saturated heterocycles. The van der Waals surface area contributed by atoms with Crippen LogP contribution in [0.3, 0.4) is 0 Å². The molecule has 0 aliphatic heterocycles. The number of nitriles is 1. The molecule has 2 rings (SSSR count). The van der Waals surface area contributed by atoms with Gasteiger partial charge in [-0.1, -0.05) is 18.2 Å². The highest BCUT2D eigenvalue weighted by atomic mass is 32.2. The minimum Gasteiger partial charge on any atom is -0.439 e. The molecule has 0 aliphatic carbocycles. The van der Waals surface area contributed by atoms with Crippen molar-refractivity contribution in [1.29, 1.82) is 5.26 Å². The van der Waals surface area contributed by atoms with Crippen molar-refractivity contribution in [2.75, 3.05) is 6.26 Å². The Balaban J connectivity index is 2.33. The van der Waals surface area contributed by atoms with Gasteiger partial charge in [0.15, 0.2) is 0 Å². The average Bonchev–Trinajstić information content (AvgIpc) is 2.38. The monoisotopic (exact) mass is 290 g/mol. The fourth-order valence-corrected chi connectivity index (χ4v) is 1.80. The molecule has 102 valence electrons. The van der Waals surface area contributed by atoms with Gasteiger partial charge in [-0.05, 0) is 18.2 Å². The summed E-state index contributed by atoms with van der Waals surface area (Å²) in [4.78, 5) is 3.88. The Kier molecular flexibility index (Phi) is 3.86. The van der Waals surface area contributed by atoms with Gasteiger partial charge in [0.2, 0.25) is 5.88 Å². The van der Waals surface area contributed by atoms with Crippen LogP contribution in [-0.2, 0) is 10.1 Å². The highest BCUT2D eigenvalue weighted by molar-refractivity contribution is 7.86. The molecular weight excluding hydrogens is 280 g/mol. The third-order valence-electron chi connectivity index (χ3n) is 2.15. The number of nitrogens with zero attached hydrogens (tertiary/aromatic N) is 2. The average molecular weight is 290 g/mol. The highest BCUT2D eigenvalue weighted by Crippen LogP contribution is 2.24. The number of para-hydroxylation sites is 1. The molecule has 0 radical (unpaired) electrons. The first-order valence-electron chi connectivity index (χ1n) is 5.51. The summed E-state index contributed by atoms with van der Waals surface area (Å²) in [6.07, 6.45) is 0.876. The summed E-state index contributed by atoms with van der Waals surface area (Å²) in [6.45, 7) is 0. The van der Waals surface area contributed by atoms with E-state index in [2.05, 4.69) is 9.17 Å². The van der Waals surface area contributed by atoms with E-state index in [1.807, 2.05) is 6.07 Å². The molecule has 1 aromatic heterocycles. The first-order chi connectivity index (χ1) is 9.48. The van der Waals surface area contributed by atoms with Gasteiger partial charge in [0.05, 0.1) is 6.26 Å². The van der Waals surface area contributed by atoms with E-state index in [0.29, 0.717) is 5.75 Å². The Morgan fingerprint density at radius 2 is 1.85 bits per heavy atom. The fraction of sp³-hybridized carbons (Fsp3) is 0.0769. The summed E-state index contributed by atoms with van der Waals surface area (Å²) in [6, 6.07) is 13.5. The maximum atomic E-state index is 11.1. The SMILES string of the molecule is CS(=O)(=O)Oc1nc(Oc2ccccc2)ccc1C#N. The molecule has 0 spiro atoms. The minimum absolute atomic E-state index is 0.0100. The van der Waals surface area contributed by atoms with Crippen molar-refractivity contribution >= 4 is 10.1 Å². The van der Waals surface area contributed by atoms with Gasteiger partial charge in [-0.2, -0.15) is 18.7 Å². The number of pyridine rings is 1. The van der Waals surface area contributed by atoms with Gasteiger partial charge >= 0.3 is 10.1 Å². The summed E-state index contributed by atoms with van der Waals surface area (Å²) < 4.78 is 32.4. The van der Waals surface area contributed by atoms with Crippen LogP contribution in [-0.4, -0.2) is 19.7 Å². The molecule has 0 atom stereocenters. The normalized spacial score (nSPS) is 10.6. The molecule has 7 heteroatoms. The lowest BCUT2D eigenvalue weighted by Crippen LogP contribution is -2.08. The van der Waals surface area contributed by atoms with Crippen LogP contribution in [0.2, 0.25) is 0 Å². The maximum absolute atomic E-state index is 11.1. The largest absolute Gasteiger partial charge is 0.439 e. The molecule has 0 fully saturated rings. The number of hydrogen-bond donors (Lipinski definition) is 0. The van der Waals surface area contributed by atoms with Crippen LogP contribution in [0.5, 0.6) is 17.5 Å². The van der Waals surface area contributed by atoms with E-state index in [1.54, 1.807) is 30.3 Å². The van der Waals surface area contributed by atoms with E-state index < -0.39 is 10.1 Å². The lowest BCUT2D eigenvalue weighted by atomic mass is 10.3. The van der Waals surface area contributed by atoms with Gasteiger partial charge in [0, 0.05) is 6.07 Å². The number of rotatable bonds is 4. The Morgan fingerprint density at radius 1 is 1.15 bits per heavy atom. The van der Waals surface area contributed by atoms with Crippen molar-refractivity contribution in [3.63, 3.8) is 0 Å². The second-order valence-electron chi connectivity index (χ2n) is 3.82. The van der Waals surface area contributed by atoms with Gasteiger partial charge in [-0.15, -0.1) is 0 Å². The van der Waals surface area contributed by atoms with Crippen LogP contribution in [0.15, 0.2) is 42.5 Å². The van der Waals surface area contributed by atoms with Crippen LogP contribution in [0.25, 0.3) is 0 Å². The van der Waals surface area contributed by atoms with E-state index in [0.717, 1.165) is 6.26 Å². The van der Waals surface area contributed by atoms with Crippen LogP contribution >= 0.6 is 0 Å². The minimum atomic E-state index is -3.77. The van der Waals surface area contributed by atoms with Crippen molar-refractivity contribution in [2.45, 2.75) is 0 Å². The van der Waals surface area contributed by atoms with E-state index in [4.69, 9.17) is 10.00 Å². The number of hydrogen-bond acceptors (Lipinski definition) is 6. The standard InChI is InChI=1S/C13H10N2O4S/c1-20(16,17)19-13-10(9-14)7-8-12(15-13)18-11-5-3-2-4-6-11/h2-8H,1H3. The zero-order valence-electron chi connectivity index (χ0n) is 10.5. The van der Waals surface area contributed by atoms with E-state index in [9.17, 15) is 8.42 Å². The van der Waals surface area contributed by atoms with E-state index >= 15 is 0 Å². The molecule has 0 aliphatic rings. The Hall–Kier alpha value is -2.59. The zero-order valence-corrected chi connectivity index (χ0v) is 11.3. The summed E-state index contributed by atoms with van der Waals surface area (Å²) in [5.41, 5.74) is 0.0100. The van der Waals surface area contributed by atoms with Gasteiger partial charge in [0.1, 0.15) is 17.4 Å². The molecule has 1 aromatic carbocycles. The quantitative estimate of drug-likeness (QED) is 0.801. The van der Waals surface area contributed by atoms with E-state index in [-0.39, 0.29) is 17.3 Å². The van der Waals surface area contributed by atoms with Crippen LogP contribution < -0.4 is 8.92 Å². The number of benzene rings is 1. The van der Waals surface area contributed by atoms with Crippen molar-refractivity contribution in [3.05, 3.63) is 48.0 Å². The van der Waals surface area contributed by atoms with Crippen LogP contribution in [0, 0.1) is 11.3 Å². The molecular formula is C13H10N2O4S. The summed E-state index contributed by atoms with van der Waals surface area (Å²) in [7, 11) is -3.77. The predicted octanol–water partition coefficient (Wildman–Crippen LogP) is 2.08. The highest BCUT2D eigenvalue weighted by Gasteiger charge is 2.13. The topological polar surface area (TPSA) is 89.3 Å². The van der Waals surface area contributed by atoms with Crippen molar-refractivity contribution in [1.82, 2.24) is 4.98 Å². The maximum Gasteiger partial charge on any atom is 0.307 e.